The van der Waals surface area contributed by atoms with Crippen molar-refractivity contribution in [1.82, 2.24) is 5.32 Å². The predicted molar refractivity (Wildman–Crippen MR) is 75.1 cm³/mol. The Bertz CT molecular complexity index is 309. The van der Waals surface area contributed by atoms with E-state index >= 15 is 0 Å². The predicted octanol–water partition coefficient (Wildman–Crippen LogP) is 4.21. The molecular weight excluding hydrogens is 206 g/mol. The van der Waals surface area contributed by atoms with Crippen LogP contribution in [0.1, 0.15) is 59.3 Å². The maximum absolute atomic E-state index is 3.72. The topological polar surface area (TPSA) is 12.0 Å². The fourth-order valence-electron chi connectivity index (χ4n) is 2.98. The van der Waals surface area contributed by atoms with Gasteiger partial charge in [0.2, 0.25) is 0 Å². The van der Waals surface area contributed by atoms with Gasteiger partial charge in [0.15, 0.2) is 0 Å². The van der Waals surface area contributed by atoms with Crippen molar-refractivity contribution in [3.8, 4) is 0 Å². The minimum absolute atomic E-state index is 0.227. The molecule has 0 heterocycles. The van der Waals surface area contributed by atoms with Gasteiger partial charge in [-0.2, -0.15) is 0 Å². The zero-order valence-electron chi connectivity index (χ0n) is 11.7. The van der Waals surface area contributed by atoms with E-state index in [1.54, 1.807) is 5.57 Å². The summed E-state index contributed by atoms with van der Waals surface area (Å²) in [6.07, 6.45) is 15.2. The van der Waals surface area contributed by atoms with E-state index in [4.69, 9.17) is 0 Å². The third-order valence-corrected chi connectivity index (χ3v) is 4.11. The Hall–Kier alpha value is -0.560. The molecule has 1 N–H and O–H groups in total. The third kappa shape index (κ3) is 3.22. The molecule has 0 saturated carbocycles. The summed E-state index contributed by atoms with van der Waals surface area (Å²) < 4.78 is 0. The monoisotopic (exact) mass is 233 g/mol. The summed E-state index contributed by atoms with van der Waals surface area (Å²) in [5, 5.41) is 3.72. The van der Waals surface area contributed by atoms with Crippen LogP contribution in [-0.4, -0.2) is 12.1 Å². The van der Waals surface area contributed by atoms with Crippen molar-refractivity contribution in [2.45, 2.75) is 64.8 Å². The van der Waals surface area contributed by atoms with Gasteiger partial charge in [-0.1, -0.05) is 23.8 Å². The molecule has 0 aliphatic heterocycles. The second-order valence-electron chi connectivity index (χ2n) is 6.74. The molecule has 0 fully saturated rings. The van der Waals surface area contributed by atoms with Crippen LogP contribution in [0.15, 0.2) is 23.8 Å². The maximum Gasteiger partial charge on any atom is 0.0106 e. The Balaban J connectivity index is 2.07. The number of rotatable bonds is 3. The average Bonchev–Trinajstić information content (AvgIpc) is 2.77. The summed E-state index contributed by atoms with van der Waals surface area (Å²) in [5.41, 5.74) is 2.36. The normalized spacial score (nSPS) is 23.8. The van der Waals surface area contributed by atoms with Gasteiger partial charge in [0, 0.05) is 17.5 Å². The van der Waals surface area contributed by atoms with Gasteiger partial charge in [-0.3, -0.25) is 0 Å². The third-order valence-electron chi connectivity index (χ3n) is 4.11. The summed E-state index contributed by atoms with van der Waals surface area (Å²) in [6.45, 7) is 7.92. The lowest BCUT2D eigenvalue weighted by atomic mass is 9.73. The molecule has 0 amide bonds. The number of hydrogen-bond donors (Lipinski definition) is 1. The molecule has 0 spiro atoms. The van der Waals surface area contributed by atoms with E-state index in [1.807, 2.05) is 0 Å². The number of hydrogen-bond acceptors (Lipinski definition) is 1. The Morgan fingerprint density at radius 3 is 2.41 bits per heavy atom. The molecule has 2 aliphatic carbocycles. The molecule has 0 saturated heterocycles. The van der Waals surface area contributed by atoms with E-state index in [-0.39, 0.29) is 5.54 Å². The standard InChI is InChI=1S/C16H27N/c1-15(2,3)17-13-16(11-7-8-12-16)14-9-5-4-6-10-14/h7-9,17H,4-6,10-13H2,1-3H3. The summed E-state index contributed by atoms with van der Waals surface area (Å²) in [4.78, 5) is 0. The molecule has 1 nitrogen and oxygen atoms in total. The highest BCUT2D eigenvalue weighted by Crippen LogP contribution is 2.44. The van der Waals surface area contributed by atoms with Crippen molar-refractivity contribution in [1.29, 1.82) is 0 Å². The van der Waals surface area contributed by atoms with E-state index in [2.05, 4.69) is 44.3 Å². The highest BCUT2D eigenvalue weighted by molar-refractivity contribution is 5.24. The van der Waals surface area contributed by atoms with Gasteiger partial charge in [0.05, 0.1) is 0 Å². The fourth-order valence-corrected chi connectivity index (χ4v) is 2.98. The van der Waals surface area contributed by atoms with E-state index in [9.17, 15) is 0 Å². The summed E-state index contributed by atoms with van der Waals surface area (Å²) in [5.74, 6) is 0. The average molecular weight is 233 g/mol. The van der Waals surface area contributed by atoms with Crippen LogP contribution in [-0.2, 0) is 0 Å². The second-order valence-corrected chi connectivity index (χ2v) is 6.74. The molecule has 2 rings (SSSR count). The highest BCUT2D eigenvalue weighted by Gasteiger charge is 2.35. The summed E-state index contributed by atoms with van der Waals surface area (Å²) in [6, 6.07) is 0. The minimum Gasteiger partial charge on any atom is -0.311 e. The lowest BCUT2D eigenvalue weighted by molar-refractivity contribution is 0.290. The molecule has 0 aromatic rings. The van der Waals surface area contributed by atoms with Crippen LogP contribution in [0, 0.1) is 5.41 Å². The quantitative estimate of drug-likeness (QED) is 0.720. The van der Waals surface area contributed by atoms with E-state index in [0.29, 0.717) is 5.41 Å². The molecule has 17 heavy (non-hydrogen) atoms. The van der Waals surface area contributed by atoms with Crippen molar-refractivity contribution in [3.05, 3.63) is 23.8 Å². The maximum atomic E-state index is 3.72. The minimum atomic E-state index is 0.227. The Morgan fingerprint density at radius 2 is 1.88 bits per heavy atom. The van der Waals surface area contributed by atoms with Crippen molar-refractivity contribution < 1.29 is 0 Å². The van der Waals surface area contributed by atoms with Gasteiger partial charge >= 0.3 is 0 Å². The Morgan fingerprint density at radius 1 is 1.18 bits per heavy atom. The molecule has 0 unspecified atom stereocenters. The van der Waals surface area contributed by atoms with Gasteiger partial charge in [-0.05, 0) is 59.3 Å². The van der Waals surface area contributed by atoms with Crippen LogP contribution >= 0.6 is 0 Å². The van der Waals surface area contributed by atoms with Crippen LogP contribution in [0.5, 0.6) is 0 Å². The van der Waals surface area contributed by atoms with Gasteiger partial charge in [-0.25, -0.2) is 0 Å². The van der Waals surface area contributed by atoms with Crippen LogP contribution in [0.4, 0.5) is 0 Å². The van der Waals surface area contributed by atoms with Gasteiger partial charge in [0.1, 0.15) is 0 Å². The van der Waals surface area contributed by atoms with E-state index in [1.165, 1.54) is 38.5 Å². The first-order valence-electron chi connectivity index (χ1n) is 7.11. The highest BCUT2D eigenvalue weighted by atomic mass is 15.0. The van der Waals surface area contributed by atoms with Crippen LogP contribution in [0.3, 0.4) is 0 Å². The fraction of sp³-hybridized carbons (Fsp3) is 0.750. The van der Waals surface area contributed by atoms with Crippen molar-refractivity contribution >= 4 is 0 Å². The Kier molecular flexibility index (Phi) is 3.77. The van der Waals surface area contributed by atoms with Crippen LogP contribution < -0.4 is 5.32 Å². The smallest absolute Gasteiger partial charge is 0.0106 e. The lowest BCUT2D eigenvalue weighted by Crippen LogP contribution is -2.44. The molecular formula is C16H27N. The van der Waals surface area contributed by atoms with Crippen LogP contribution in [0.25, 0.3) is 0 Å². The summed E-state index contributed by atoms with van der Waals surface area (Å²) in [7, 11) is 0. The Labute approximate surface area is 106 Å². The first kappa shape index (κ1) is 12.9. The molecule has 0 atom stereocenters. The van der Waals surface area contributed by atoms with E-state index in [0.717, 1.165) is 6.54 Å². The molecule has 1 heteroatoms. The van der Waals surface area contributed by atoms with Crippen molar-refractivity contribution in [2.24, 2.45) is 5.41 Å². The lowest BCUT2D eigenvalue weighted by Gasteiger charge is -2.37. The SMILES string of the molecule is CC(C)(C)NCC1(C2=CCCCC2)CC=CC1. The van der Waals surface area contributed by atoms with Crippen molar-refractivity contribution in [3.63, 3.8) is 0 Å². The largest absolute Gasteiger partial charge is 0.311 e. The molecule has 0 aromatic carbocycles. The van der Waals surface area contributed by atoms with Crippen molar-refractivity contribution in [2.75, 3.05) is 6.54 Å². The first-order chi connectivity index (χ1) is 8.02. The number of nitrogens with one attached hydrogen (secondary N) is 1. The van der Waals surface area contributed by atoms with E-state index < -0.39 is 0 Å². The number of allylic oxidation sites excluding steroid dienone is 3. The zero-order valence-corrected chi connectivity index (χ0v) is 11.7. The zero-order chi connectivity index (χ0) is 12.4. The molecule has 0 aromatic heterocycles. The van der Waals surface area contributed by atoms with Crippen LogP contribution in [0.2, 0.25) is 0 Å². The first-order valence-corrected chi connectivity index (χ1v) is 7.11. The van der Waals surface area contributed by atoms with Gasteiger partial charge in [0.25, 0.3) is 0 Å². The van der Waals surface area contributed by atoms with Gasteiger partial charge in [-0.15, -0.1) is 0 Å². The molecule has 96 valence electrons. The van der Waals surface area contributed by atoms with Gasteiger partial charge < -0.3 is 5.32 Å². The molecule has 0 radical (unpaired) electrons. The molecule has 0 bridgehead atoms. The summed E-state index contributed by atoms with van der Waals surface area (Å²) >= 11 is 0. The second kappa shape index (κ2) is 4.97. The molecule has 2 aliphatic rings.